The summed E-state index contributed by atoms with van der Waals surface area (Å²) in [4.78, 5) is 6.44. The molecule has 94 valence electrons. The molecule has 0 bridgehead atoms. The van der Waals surface area contributed by atoms with Crippen molar-refractivity contribution < 1.29 is 0 Å². The number of rotatable bonds is 5. The van der Waals surface area contributed by atoms with Crippen LogP contribution in [0.25, 0.3) is 0 Å². The first-order valence-electron chi connectivity index (χ1n) is 5.50. The number of nitrogens with zero attached hydrogens (tertiary/aromatic N) is 2. The number of nitrogens with one attached hydrogen (secondary N) is 1. The summed E-state index contributed by atoms with van der Waals surface area (Å²) in [6, 6.07) is 2.24. The molecular formula is C12H20N4S. The van der Waals surface area contributed by atoms with Crippen LogP contribution in [0.1, 0.15) is 18.1 Å². The van der Waals surface area contributed by atoms with E-state index in [1.54, 1.807) is 18.0 Å². The topological polar surface area (TPSA) is 66.0 Å². The van der Waals surface area contributed by atoms with E-state index in [9.17, 15) is 0 Å². The number of pyridine rings is 1. The van der Waals surface area contributed by atoms with Gasteiger partial charge in [0.05, 0.1) is 5.56 Å². The van der Waals surface area contributed by atoms with Crippen LogP contribution in [0.15, 0.2) is 12.3 Å². The Hall–Kier alpha value is -1.23. The molecule has 4 nitrogen and oxygen atoms in total. The number of aromatic nitrogens is 1. The quantitative estimate of drug-likeness (QED) is 0.620. The molecular weight excluding hydrogens is 232 g/mol. The van der Waals surface area contributed by atoms with Gasteiger partial charge in [-0.3, -0.25) is 5.41 Å². The van der Waals surface area contributed by atoms with Crippen LogP contribution in [-0.4, -0.2) is 35.9 Å². The van der Waals surface area contributed by atoms with Gasteiger partial charge in [0.15, 0.2) is 0 Å². The van der Waals surface area contributed by atoms with Gasteiger partial charge in [-0.1, -0.05) is 0 Å². The molecule has 0 fully saturated rings. The molecule has 1 heterocycles. The molecule has 0 radical (unpaired) electrons. The zero-order valence-corrected chi connectivity index (χ0v) is 11.6. The van der Waals surface area contributed by atoms with E-state index in [0.717, 1.165) is 22.7 Å². The van der Waals surface area contributed by atoms with Gasteiger partial charge in [-0.05, 0) is 31.7 Å². The van der Waals surface area contributed by atoms with Crippen molar-refractivity contribution >= 4 is 23.4 Å². The summed E-state index contributed by atoms with van der Waals surface area (Å²) in [5.74, 6) is 1.89. The number of nitrogens with two attached hydrogens (primary N) is 1. The fraction of sp³-hybridized carbons (Fsp3) is 0.500. The first-order valence-corrected chi connectivity index (χ1v) is 6.90. The molecule has 1 rings (SSSR count). The SMILES string of the molecule is CSCC(C)N(C)c1nccc(C)c1C(=N)N. The summed E-state index contributed by atoms with van der Waals surface area (Å²) in [5, 5.41) is 7.66. The van der Waals surface area contributed by atoms with Crippen molar-refractivity contribution in [2.24, 2.45) is 5.73 Å². The zero-order chi connectivity index (χ0) is 13.0. The lowest BCUT2D eigenvalue weighted by atomic mass is 10.1. The van der Waals surface area contributed by atoms with Crippen molar-refractivity contribution in [2.75, 3.05) is 24.0 Å². The first kappa shape index (κ1) is 13.8. The lowest BCUT2D eigenvalue weighted by Gasteiger charge is -2.27. The summed E-state index contributed by atoms with van der Waals surface area (Å²) in [6.07, 6.45) is 3.85. The Morgan fingerprint density at radius 3 is 2.82 bits per heavy atom. The minimum absolute atomic E-state index is 0.0776. The van der Waals surface area contributed by atoms with Gasteiger partial charge in [-0.2, -0.15) is 11.8 Å². The summed E-state index contributed by atoms with van der Waals surface area (Å²) in [5.41, 5.74) is 7.37. The maximum atomic E-state index is 7.66. The highest BCUT2D eigenvalue weighted by atomic mass is 32.2. The van der Waals surface area contributed by atoms with Gasteiger partial charge in [-0.15, -0.1) is 0 Å². The summed E-state index contributed by atoms with van der Waals surface area (Å²) in [7, 11) is 2.00. The van der Waals surface area contributed by atoms with Gasteiger partial charge in [0.2, 0.25) is 0 Å². The molecule has 0 saturated heterocycles. The smallest absolute Gasteiger partial charge is 0.139 e. The van der Waals surface area contributed by atoms with Crippen LogP contribution in [0.2, 0.25) is 0 Å². The first-order chi connectivity index (χ1) is 7.99. The van der Waals surface area contributed by atoms with Crippen molar-refractivity contribution in [3.63, 3.8) is 0 Å². The lowest BCUT2D eigenvalue weighted by molar-refractivity contribution is 0.752. The van der Waals surface area contributed by atoms with Crippen molar-refractivity contribution in [3.05, 3.63) is 23.4 Å². The minimum Gasteiger partial charge on any atom is -0.384 e. The highest BCUT2D eigenvalue weighted by molar-refractivity contribution is 7.98. The van der Waals surface area contributed by atoms with Crippen LogP contribution >= 0.6 is 11.8 Å². The predicted molar refractivity (Wildman–Crippen MR) is 76.2 cm³/mol. The van der Waals surface area contributed by atoms with E-state index in [1.165, 1.54) is 0 Å². The number of thioether (sulfide) groups is 1. The molecule has 0 aliphatic rings. The summed E-state index contributed by atoms with van der Waals surface area (Å²) >= 11 is 1.80. The van der Waals surface area contributed by atoms with Crippen LogP contribution in [-0.2, 0) is 0 Å². The third kappa shape index (κ3) is 3.12. The average Bonchev–Trinajstić information content (AvgIpc) is 2.27. The standard InChI is InChI=1S/C12H20N4S/c1-8-5-6-15-12(10(8)11(13)14)16(3)9(2)7-17-4/h5-6,9H,7H2,1-4H3,(H3,13,14). The largest absolute Gasteiger partial charge is 0.384 e. The molecule has 0 aromatic carbocycles. The number of anilines is 1. The van der Waals surface area contributed by atoms with Gasteiger partial charge >= 0.3 is 0 Å². The number of hydrogen-bond acceptors (Lipinski definition) is 4. The highest BCUT2D eigenvalue weighted by Gasteiger charge is 2.17. The molecule has 3 N–H and O–H groups in total. The van der Waals surface area contributed by atoms with Crippen molar-refractivity contribution in [3.8, 4) is 0 Å². The second-order valence-electron chi connectivity index (χ2n) is 4.16. The van der Waals surface area contributed by atoms with Crippen molar-refractivity contribution in [1.29, 1.82) is 5.41 Å². The highest BCUT2D eigenvalue weighted by Crippen LogP contribution is 2.21. The molecule has 1 aromatic heterocycles. The van der Waals surface area contributed by atoms with Gasteiger partial charge < -0.3 is 10.6 Å². The molecule has 0 saturated carbocycles. The molecule has 1 atom stereocenters. The lowest BCUT2D eigenvalue weighted by Crippen LogP contribution is -2.33. The second-order valence-corrected chi connectivity index (χ2v) is 5.07. The van der Waals surface area contributed by atoms with Crippen molar-refractivity contribution in [2.45, 2.75) is 19.9 Å². The molecule has 0 aliphatic carbocycles. The molecule has 1 aromatic rings. The number of amidine groups is 1. The summed E-state index contributed by atoms with van der Waals surface area (Å²) < 4.78 is 0. The van der Waals surface area contributed by atoms with E-state index in [1.807, 2.05) is 20.0 Å². The molecule has 17 heavy (non-hydrogen) atoms. The Balaban J connectivity index is 3.13. The molecule has 1 unspecified atom stereocenters. The Kier molecular flexibility index (Phi) is 4.81. The maximum Gasteiger partial charge on any atom is 0.139 e. The number of hydrogen-bond donors (Lipinski definition) is 2. The van der Waals surface area contributed by atoms with Gasteiger partial charge in [-0.25, -0.2) is 4.98 Å². The number of aryl methyl sites for hydroxylation is 1. The van der Waals surface area contributed by atoms with Gasteiger partial charge in [0.1, 0.15) is 11.7 Å². The summed E-state index contributed by atoms with van der Waals surface area (Å²) in [6.45, 7) is 4.10. The molecule has 0 spiro atoms. The molecule has 0 aliphatic heterocycles. The third-order valence-electron chi connectivity index (χ3n) is 2.81. The minimum atomic E-state index is 0.0776. The molecule has 5 heteroatoms. The van der Waals surface area contributed by atoms with Crippen LogP contribution in [0.4, 0.5) is 5.82 Å². The maximum absolute atomic E-state index is 7.66. The Bertz CT molecular complexity index is 405. The van der Waals surface area contributed by atoms with E-state index in [4.69, 9.17) is 11.1 Å². The van der Waals surface area contributed by atoms with Gasteiger partial charge in [0, 0.05) is 25.0 Å². The van der Waals surface area contributed by atoms with E-state index >= 15 is 0 Å². The van der Waals surface area contributed by atoms with E-state index < -0.39 is 0 Å². The van der Waals surface area contributed by atoms with E-state index in [2.05, 4.69) is 23.1 Å². The number of nitrogen functional groups attached to an aromatic ring is 1. The average molecular weight is 252 g/mol. The predicted octanol–water partition coefficient (Wildman–Crippen LogP) is 1.86. The van der Waals surface area contributed by atoms with Crippen LogP contribution in [0, 0.1) is 12.3 Å². The monoisotopic (exact) mass is 252 g/mol. The van der Waals surface area contributed by atoms with Crippen LogP contribution in [0.5, 0.6) is 0 Å². The zero-order valence-electron chi connectivity index (χ0n) is 10.8. The van der Waals surface area contributed by atoms with Crippen molar-refractivity contribution in [1.82, 2.24) is 4.98 Å². The fourth-order valence-electron chi connectivity index (χ4n) is 1.71. The Morgan fingerprint density at radius 2 is 2.29 bits per heavy atom. The Morgan fingerprint density at radius 1 is 1.65 bits per heavy atom. The second kappa shape index (κ2) is 5.91. The van der Waals surface area contributed by atoms with E-state index in [-0.39, 0.29) is 5.84 Å². The van der Waals surface area contributed by atoms with Gasteiger partial charge in [0.25, 0.3) is 0 Å². The third-order valence-corrected chi connectivity index (χ3v) is 3.63. The molecule has 0 amide bonds. The van der Waals surface area contributed by atoms with E-state index in [0.29, 0.717) is 6.04 Å². The Labute approximate surface area is 107 Å². The fourth-order valence-corrected chi connectivity index (χ4v) is 2.41. The van der Waals surface area contributed by atoms with Crippen LogP contribution < -0.4 is 10.6 Å². The van der Waals surface area contributed by atoms with Crippen LogP contribution in [0.3, 0.4) is 0 Å². The normalized spacial score (nSPS) is 12.2.